The molecule has 1 aromatic carbocycles. The van der Waals surface area contributed by atoms with Gasteiger partial charge >= 0.3 is 12.0 Å². The van der Waals surface area contributed by atoms with Crippen LogP contribution in [0.25, 0.3) is 0 Å². The van der Waals surface area contributed by atoms with Gasteiger partial charge in [-0.1, -0.05) is 38.8 Å². The standard InChI is InChI=1S/C23H33N3O4/c1-5-8-10-19(27)24-18-13-11-17(12-14-18)21-20(22(28)30-7-3)16(4)26(15-9-6-2)23(29)25-21/h11-14,21H,5-10,15H2,1-4H3,(H,24,27)(H,25,29). The number of rotatable bonds is 10. The minimum atomic E-state index is -0.598. The molecule has 1 aliphatic rings. The average Bonchev–Trinajstić information content (AvgIpc) is 2.72. The Morgan fingerprint density at radius 2 is 1.77 bits per heavy atom. The van der Waals surface area contributed by atoms with E-state index in [1.807, 2.05) is 19.1 Å². The molecule has 1 atom stereocenters. The lowest BCUT2D eigenvalue weighted by atomic mass is 9.94. The van der Waals surface area contributed by atoms with Gasteiger partial charge in [0, 0.05) is 24.4 Å². The van der Waals surface area contributed by atoms with E-state index in [0.29, 0.717) is 29.9 Å². The summed E-state index contributed by atoms with van der Waals surface area (Å²) >= 11 is 0. The van der Waals surface area contributed by atoms with Crippen molar-refractivity contribution in [3.05, 3.63) is 41.1 Å². The average molecular weight is 416 g/mol. The summed E-state index contributed by atoms with van der Waals surface area (Å²) in [4.78, 5) is 39.0. The van der Waals surface area contributed by atoms with E-state index in [2.05, 4.69) is 17.6 Å². The quantitative estimate of drug-likeness (QED) is 0.550. The van der Waals surface area contributed by atoms with Crippen LogP contribution in [0.2, 0.25) is 0 Å². The molecule has 0 fully saturated rings. The van der Waals surface area contributed by atoms with Gasteiger partial charge in [0.05, 0.1) is 18.2 Å². The van der Waals surface area contributed by atoms with Crippen molar-refractivity contribution in [3.63, 3.8) is 0 Å². The van der Waals surface area contributed by atoms with Gasteiger partial charge in [-0.15, -0.1) is 0 Å². The number of esters is 1. The van der Waals surface area contributed by atoms with Crippen LogP contribution in [0.3, 0.4) is 0 Å². The number of benzene rings is 1. The first-order valence-corrected chi connectivity index (χ1v) is 10.8. The monoisotopic (exact) mass is 415 g/mol. The highest BCUT2D eigenvalue weighted by atomic mass is 16.5. The van der Waals surface area contributed by atoms with E-state index in [0.717, 1.165) is 31.2 Å². The predicted molar refractivity (Wildman–Crippen MR) is 117 cm³/mol. The zero-order chi connectivity index (χ0) is 22.1. The number of nitrogens with zero attached hydrogens (tertiary/aromatic N) is 1. The van der Waals surface area contributed by atoms with Gasteiger partial charge in [0.2, 0.25) is 5.91 Å². The Morgan fingerprint density at radius 3 is 2.37 bits per heavy atom. The molecule has 0 spiro atoms. The van der Waals surface area contributed by atoms with Crippen molar-refractivity contribution >= 4 is 23.6 Å². The summed E-state index contributed by atoms with van der Waals surface area (Å²) in [7, 11) is 0. The highest BCUT2D eigenvalue weighted by Crippen LogP contribution is 2.32. The van der Waals surface area contributed by atoms with Gasteiger partial charge in [0.15, 0.2) is 0 Å². The molecule has 1 aliphatic heterocycles. The van der Waals surface area contributed by atoms with Gasteiger partial charge in [0.25, 0.3) is 0 Å². The van der Waals surface area contributed by atoms with Crippen molar-refractivity contribution in [2.24, 2.45) is 0 Å². The Labute approximate surface area is 178 Å². The number of hydrogen-bond donors (Lipinski definition) is 2. The molecule has 1 unspecified atom stereocenters. The smallest absolute Gasteiger partial charge is 0.338 e. The molecule has 7 heteroatoms. The first kappa shape index (κ1) is 23.4. The Balaban J connectivity index is 2.29. The molecule has 0 saturated heterocycles. The Morgan fingerprint density at radius 1 is 1.10 bits per heavy atom. The van der Waals surface area contributed by atoms with Crippen LogP contribution in [0, 0.1) is 0 Å². The van der Waals surface area contributed by atoms with Gasteiger partial charge < -0.3 is 15.4 Å². The summed E-state index contributed by atoms with van der Waals surface area (Å²) in [6.07, 6.45) is 4.09. The maximum absolute atomic E-state index is 12.7. The van der Waals surface area contributed by atoms with Gasteiger partial charge in [-0.25, -0.2) is 9.59 Å². The minimum absolute atomic E-state index is 0.0231. The van der Waals surface area contributed by atoms with Crippen LogP contribution in [0.5, 0.6) is 0 Å². The predicted octanol–water partition coefficient (Wildman–Crippen LogP) is 4.52. The molecule has 1 heterocycles. The molecular formula is C23H33N3O4. The highest BCUT2D eigenvalue weighted by molar-refractivity contribution is 5.95. The van der Waals surface area contributed by atoms with E-state index in [1.165, 1.54) is 0 Å². The summed E-state index contributed by atoms with van der Waals surface area (Å²) in [6.45, 7) is 8.45. The molecule has 164 valence electrons. The largest absolute Gasteiger partial charge is 0.463 e. The summed E-state index contributed by atoms with van der Waals surface area (Å²) in [5, 5.41) is 5.81. The van der Waals surface area contributed by atoms with Gasteiger partial charge in [-0.2, -0.15) is 0 Å². The zero-order valence-corrected chi connectivity index (χ0v) is 18.4. The number of allylic oxidation sites excluding steroid dienone is 1. The summed E-state index contributed by atoms with van der Waals surface area (Å²) < 4.78 is 5.27. The molecule has 3 amide bonds. The number of urea groups is 1. The first-order chi connectivity index (χ1) is 14.4. The molecule has 2 N–H and O–H groups in total. The maximum Gasteiger partial charge on any atom is 0.338 e. The van der Waals surface area contributed by atoms with Crippen LogP contribution in [-0.2, 0) is 14.3 Å². The third-order valence-electron chi connectivity index (χ3n) is 5.11. The number of ether oxygens (including phenoxy) is 1. The molecule has 2 rings (SSSR count). The van der Waals surface area contributed by atoms with Gasteiger partial charge in [-0.05, 0) is 44.4 Å². The molecule has 0 aliphatic carbocycles. The zero-order valence-electron chi connectivity index (χ0n) is 18.4. The number of carbonyl (C=O) groups is 3. The second kappa shape index (κ2) is 11.4. The highest BCUT2D eigenvalue weighted by Gasteiger charge is 2.36. The molecular weight excluding hydrogens is 382 g/mol. The van der Waals surface area contributed by atoms with Crippen molar-refractivity contribution in [2.45, 2.75) is 65.8 Å². The van der Waals surface area contributed by atoms with Crippen molar-refractivity contribution in [3.8, 4) is 0 Å². The lowest BCUT2D eigenvalue weighted by molar-refractivity contribution is -0.139. The van der Waals surface area contributed by atoms with Crippen LogP contribution in [-0.4, -0.2) is 36.0 Å². The van der Waals surface area contributed by atoms with E-state index in [4.69, 9.17) is 4.74 Å². The lowest BCUT2D eigenvalue weighted by Crippen LogP contribution is -2.48. The van der Waals surface area contributed by atoms with E-state index in [-0.39, 0.29) is 18.5 Å². The maximum atomic E-state index is 12.7. The van der Waals surface area contributed by atoms with Crippen LogP contribution in [0.1, 0.15) is 71.4 Å². The van der Waals surface area contributed by atoms with Gasteiger partial charge in [0.1, 0.15) is 0 Å². The SMILES string of the molecule is CCCCC(=O)Nc1ccc(C2NC(=O)N(CCCC)C(C)=C2C(=O)OCC)cc1. The fraction of sp³-hybridized carbons (Fsp3) is 0.522. The number of hydrogen-bond acceptors (Lipinski definition) is 4. The first-order valence-electron chi connectivity index (χ1n) is 10.8. The molecule has 0 aromatic heterocycles. The fourth-order valence-electron chi connectivity index (χ4n) is 3.41. The topological polar surface area (TPSA) is 87.7 Å². The Hall–Kier alpha value is -2.83. The van der Waals surface area contributed by atoms with Gasteiger partial charge in [-0.3, -0.25) is 9.69 Å². The Kier molecular flexibility index (Phi) is 8.89. The summed E-state index contributed by atoms with van der Waals surface area (Å²) in [6, 6.07) is 6.37. The number of carbonyl (C=O) groups excluding carboxylic acids is 3. The van der Waals surface area contributed by atoms with E-state index >= 15 is 0 Å². The fourth-order valence-corrected chi connectivity index (χ4v) is 3.41. The minimum Gasteiger partial charge on any atom is -0.463 e. The van der Waals surface area contributed by atoms with Crippen LogP contribution >= 0.6 is 0 Å². The molecule has 30 heavy (non-hydrogen) atoms. The van der Waals surface area contributed by atoms with Crippen molar-refractivity contribution in [2.75, 3.05) is 18.5 Å². The number of nitrogens with one attached hydrogen (secondary N) is 2. The lowest BCUT2D eigenvalue weighted by Gasteiger charge is -2.35. The third-order valence-corrected chi connectivity index (χ3v) is 5.11. The van der Waals surface area contributed by atoms with Crippen LogP contribution < -0.4 is 10.6 Å². The molecule has 1 aromatic rings. The van der Waals surface area contributed by atoms with Crippen molar-refractivity contribution in [1.82, 2.24) is 10.2 Å². The number of unbranched alkanes of at least 4 members (excludes halogenated alkanes) is 2. The number of amides is 3. The summed E-state index contributed by atoms with van der Waals surface area (Å²) in [5.74, 6) is -0.455. The molecule has 7 nitrogen and oxygen atoms in total. The Bertz CT molecular complexity index is 786. The molecule has 0 saturated carbocycles. The molecule has 0 radical (unpaired) electrons. The third kappa shape index (κ3) is 5.84. The van der Waals surface area contributed by atoms with Crippen molar-refractivity contribution < 1.29 is 19.1 Å². The van der Waals surface area contributed by atoms with E-state index < -0.39 is 12.0 Å². The normalized spacial score (nSPS) is 16.3. The summed E-state index contributed by atoms with van der Waals surface area (Å²) in [5.41, 5.74) is 2.50. The van der Waals surface area contributed by atoms with Crippen LogP contribution in [0.15, 0.2) is 35.5 Å². The van der Waals surface area contributed by atoms with E-state index in [1.54, 1.807) is 30.9 Å². The van der Waals surface area contributed by atoms with Crippen LogP contribution in [0.4, 0.5) is 10.5 Å². The second-order valence-electron chi connectivity index (χ2n) is 7.38. The van der Waals surface area contributed by atoms with Crippen molar-refractivity contribution in [1.29, 1.82) is 0 Å². The van der Waals surface area contributed by atoms with E-state index in [9.17, 15) is 14.4 Å². The second-order valence-corrected chi connectivity index (χ2v) is 7.38. The number of anilines is 1. The molecule has 0 bridgehead atoms.